The first kappa shape index (κ1) is 15.3. The number of nitro groups is 1. The highest BCUT2D eigenvalue weighted by Crippen LogP contribution is 2.26. The maximum absolute atomic E-state index is 12.2. The highest BCUT2D eigenvalue weighted by atomic mass is 35.5. The maximum Gasteiger partial charge on any atom is 0.271 e. The largest absolute Gasteiger partial charge is 0.271 e. The van der Waals surface area contributed by atoms with Crippen molar-refractivity contribution in [3.05, 3.63) is 39.2 Å². The van der Waals surface area contributed by atoms with Gasteiger partial charge in [0, 0.05) is 12.1 Å². The number of H-pyrrole nitrogens is 1. The van der Waals surface area contributed by atoms with Crippen LogP contribution in [0.1, 0.15) is 18.8 Å². The molecule has 2 N–H and O–H groups in total. The van der Waals surface area contributed by atoms with Gasteiger partial charge in [-0.15, -0.1) is 10.2 Å². The van der Waals surface area contributed by atoms with Crippen molar-refractivity contribution < 1.29 is 13.3 Å². The molecule has 1 atom stereocenters. The van der Waals surface area contributed by atoms with Gasteiger partial charge in [0.1, 0.15) is 4.90 Å². The van der Waals surface area contributed by atoms with E-state index in [0.29, 0.717) is 0 Å². The Morgan fingerprint density at radius 2 is 2.19 bits per heavy atom. The van der Waals surface area contributed by atoms with Gasteiger partial charge in [-0.3, -0.25) is 10.1 Å². The Morgan fingerprint density at radius 1 is 1.48 bits per heavy atom. The summed E-state index contributed by atoms with van der Waals surface area (Å²) in [7, 11) is -3.98. The van der Waals surface area contributed by atoms with E-state index >= 15 is 0 Å². The van der Waals surface area contributed by atoms with Gasteiger partial charge >= 0.3 is 0 Å². The molecule has 0 saturated carbocycles. The molecule has 0 fully saturated rings. The Labute approximate surface area is 123 Å². The predicted molar refractivity (Wildman–Crippen MR) is 71.0 cm³/mol. The number of aromatic amines is 1. The van der Waals surface area contributed by atoms with Crippen molar-refractivity contribution >= 4 is 27.3 Å². The summed E-state index contributed by atoms with van der Waals surface area (Å²) in [6, 6.07) is 2.33. The van der Waals surface area contributed by atoms with Gasteiger partial charge in [0.05, 0.1) is 16.0 Å². The number of benzene rings is 1. The zero-order valence-corrected chi connectivity index (χ0v) is 12.1. The molecular formula is C9H9ClN6O4S. The summed E-state index contributed by atoms with van der Waals surface area (Å²) in [4.78, 5) is 9.66. The van der Waals surface area contributed by atoms with Gasteiger partial charge in [-0.05, 0) is 13.0 Å². The number of nitrogens with zero attached hydrogens (tertiary/aromatic N) is 4. The van der Waals surface area contributed by atoms with Crippen molar-refractivity contribution in [1.29, 1.82) is 0 Å². The molecule has 10 nitrogen and oxygen atoms in total. The van der Waals surface area contributed by atoms with Gasteiger partial charge in [0.15, 0.2) is 5.82 Å². The smallest absolute Gasteiger partial charge is 0.258 e. The Kier molecular flexibility index (Phi) is 4.16. The standard InChI is InChI=1S/C9H9ClN6O4S/c1-5(9-11-14-15-12-9)13-21(19,20)8-3-2-6(16(17)18)4-7(8)10/h2-5,13H,1H3,(H,11,12,14,15). The quantitative estimate of drug-likeness (QED) is 0.608. The van der Waals surface area contributed by atoms with Crippen LogP contribution in [0.4, 0.5) is 5.69 Å². The first-order valence-corrected chi connectivity index (χ1v) is 7.37. The van der Waals surface area contributed by atoms with Crippen molar-refractivity contribution in [2.75, 3.05) is 0 Å². The van der Waals surface area contributed by atoms with E-state index in [-0.39, 0.29) is 21.4 Å². The molecule has 1 unspecified atom stereocenters. The minimum atomic E-state index is -3.98. The van der Waals surface area contributed by atoms with Crippen LogP contribution in [-0.2, 0) is 10.0 Å². The molecule has 1 heterocycles. The molecule has 0 aliphatic heterocycles. The number of sulfonamides is 1. The molecule has 0 radical (unpaired) electrons. The fourth-order valence-corrected chi connectivity index (χ4v) is 3.26. The molecule has 1 aromatic carbocycles. The summed E-state index contributed by atoms with van der Waals surface area (Å²) in [6.07, 6.45) is 0. The second-order valence-electron chi connectivity index (χ2n) is 3.98. The SMILES string of the molecule is CC(NS(=O)(=O)c1ccc([N+](=O)[O-])cc1Cl)c1nn[nH]n1. The number of hydrogen-bond acceptors (Lipinski definition) is 7. The Hall–Kier alpha value is -2.11. The minimum absolute atomic E-state index is 0.150. The lowest BCUT2D eigenvalue weighted by atomic mass is 10.3. The maximum atomic E-state index is 12.2. The van der Waals surface area contributed by atoms with E-state index in [2.05, 4.69) is 25.3 Å². The minimum Gasteiger partial charge on any atom is -0.258 e. The topological polar surface area (TPSA) is 144 Å². The van der Waals surface area contributed by atoms with Crippen LogP contribution in [0.2, 0.25) is 5.02 Å². The summed E-state index contributed by atoms with van der Waals surface area (Å²) in [5.41, 5.74) is -0.301. The average Bonchev–Trinajstić information content (AvgIpc) is 2.91. The number of nitrogens with one attached hydrogen (secondary N) is 2. The normalized spacial score (nSPS) is 13.0. The molecule has 21 heavy (non-hydrogen) atoms. The van der Waals surface area contributed by atoms with Crippen molar-refractivity contribution in [1.82, 2.24) is 25.3 Å². The highest BCUT2D eigenvalue weighted by Gasteiger charge is 2.24. The van der Waals surface area contributed by atoms with Gasteiger partial charge < -0.3 is 0 Å². The predicted octanol–water partition coefficient (Wildman–Crippen LogP) is 0.801. The van der Waals surface area contributed by atoms with Crippen LogP contribution < -0.4 is 4.72 Å². The molecule has 0 amide bonds. The Morgan fingerprint density at radius 3 is 2.71 bits per heavy atom. The average molecular weight is 333 g/mol. The van der Waals surface area contributed by atoms with E-state index in [1.165, 1.54) is 6.92 Å². The molecule has 2 rings (SSSR count). The number of tetrazole rings is 1. The summed E-state index contributed by atoms with van der Waals surface area (Å²) in [6.45, 7) is 1.52. The Bertz CT molecular complexity index is 763. The van der Waals surface area contributed by atoms with Crippen molar-refractivity contribution in [3.8, 4) is 0 Å². The number of aromatic nitrogens is 4. The lowest BCUT2D eigenvalue weighted by molar-refractivity contribution is -0.384. The molecule has 0 saturated heterocycles. The van der Waals surface area contributed by atoms with Crippen LogP contribution in [-0.4, -0.2) is 34.0 Å². The van der Waals surface area contributed by atoms with E-state index in [0.717, 1.165) is 18.2 Å². The summed E-state index contributed by atoms with van der Waals surface area (Å²) >= 11 is 5.79. The molecule has 0 bridgehead atoms. The van der Waals surface area contributed by atoms with Crippen LogP contribution >= 0.6 is 11.6 Å². The van der Waals surface area contributed by atoms with Gasteiger partial charge in [-0.1, -0.05) is 16.8 Å². The third-order valence-corrected chi connectivity index (χ3v) is 4.52. The third-order valence-electron chi connectivity index (χ3n) is 2.50. The lowest BCUT2D eigenvalue weighted by Gasteiger charge is -2.11. The van der Waals surface area contributed by atoms with E-state index in [1.807, 2.05) is 0 Å². The van der Waals surface area contributed by atoms with Gasteiger partial charge in [0.25, 0.3) is 5.69 Å². The summed E-state index contributed by atoms with van der Waals surface area (Å²) in [5.74, 6) is 0.150. The molecule has 0 aliphatic rings. The number of halogens is 1. The van der Waals surface area contributed by atoms with E-state index < -0.39 is 21.0 Å². The monoisotopic (exact) mass is 332 g/mol. The zero-order chi connectivity index (χ0) is 15.6. The van der Waals surface area contributed by atoms with Crippen molar-refractivity contribution in [3.63, 3.8) is 0 Å². The van der Waals surface area contributed by atoms with Crippen molar-refractivity contribution in [2.24, 2.45) is 0 Å². The zero-order valence-electron chi connectivity index (χ0n) is 10.5. The van der Waals surface area contributed by atoms with Crippen LogP contribution in [0, 0.1) is 10.1 Å². The van der Waals surface area contributed by atoms with Crippen LogP contribution in [0.25, 0.3) is 0 Å². The number of non-ortho nitro benzene ring substituents is 1. The first-order chi connectivity index (χ1) is 9.81. The number of rotatable bonds is 5. The summed E-state index contributed by atoms with van der Waals surface area (Å²) in [5, 5.41) is 23.2. The Balaban J connectivity index is 2.29. The molecule has 112 valence electrons. The van der Waals surface area contributed by atoms with Gasteiger partial charge in [-0.2, -0.15) is 5.21 Å². The summed E-state index contributed by atoms with van der Waals surface area (Å²) < 4.78 is 26.7. The fraction of sp³-hybridized carbons (Fsp3) is 0.222. The molecule has 0 spiro atoms. The molecule has 2 aromatic rings. The highest BCUT2D eigenvalue weighted by molar-refractivity contribution is 7.89. The fourth-order valence-electron chi connectivity index (χ4n) is 1.52. The number of hydrogen-bond donors (Lipinski definition) is 2. The van der Waals surface area contributed by atoms with Gasteiger partial charge in [0.2, 0.25) is 10.0 Å². The lowest BCUT2D eigenvalue weighted by Crippen LogP contribution is -2.27. The van der Waals surface area contributed by atoms with E-state index in [1.54, 1.807) is 0 Å². The van der Waals surface area contributed by atoms with E-state index in [4.69, 9.17) is 11.6 Å². The number of nitro benzene ring substituents is 1. The molecular weight excluding hydrogens is 324 g/mol. The molecule has 12 heteroatoms. The van der Waals surface area contributed by atoms with Crippen LogP contribution in [0.5, 0.6) is 0 Å². The second kappa shape index (κ2) is 5.71. The van der Waals surface area contributed by atoms with Crippen molar-refractivity contribution in [2.45, 2.75) is 17.9 Å². The molecule has 0 aliphatic carbocycles. The third kappa shape index (κ3) is 3.32. The second-order valence-corrected chi connectivity index (χ2v) is 6.07. The van der Waals surface area contributed by atoms with Gasteiger partial charge in [-0.25, -0.2) is 13.1 Å². The molecule has 1 aromatic heterocycles. The van der Waals surface area contributed by atoms with Crippen LogP contribution in [0.15, 0.2) is 23.1 Å². The first-order valence-electron chi connectivity index (χ1n) is 5.51. The van der Waals surface area contributed by atoms with Crippen LogP contribution in [0.3, 0.4) is 0 Å². The van der Waals surface area contributed by atoms with E-state index in [9.17, 15) is 18.5 Å².